The van der Waals surface area contributed by atoms with Crippen molar-refractivity contribution in [3.63, 3.8) is 0 Å². The van der Waals surface area contributed by atoms with Crippen LogP contribution in [-0.4, -0.2) is 42.4 Å². The Balaban J connectivity index is 1.72. The van der Waals surface area contributed by atoms with Crippen molar-refractivity contribution in [2.75, 3.05) is 19.6 Å². The molecule has 7 heteroatoms. The number of ether oxygens (including phenoxy) is 1. The third kappa shape index (κ3) is 5.54. The van der Waals surface area contributed by atoms with Crippen LogP contribution >= 0.6 is 0 Å². The van der Waals surface area contributed by atoms with Gasteiger partial charge in [-0.3, -0.25) is 9.59 Å². The van der Waals surface area contributed by atoms with Gasteiger partial charge in [0.25, 0.3) is 5.91 Å². The van der Waals surface area contributed by atoms with Crippen molar-refractivity contribution in [1.82, 2.24) is 10.2 Å². The Bertz CT molecular complexity index is 870. The number of carbonyl (C=O) groups excluding carboxylic acids is 2. The number of nitrogens with two attached hydrogens (primary N) is 1. The minimum Gasteiger partial charge on any atom is -0.457 e. The summed E-state index contributed by atoms with van der Waals surface area (Å²) in [5.41, 5.74) is 6.62. The quantitative estimate of drug-likeness (QED) is 0.782. The molecule has 1 aliphatic heterocycles. The number of benzene rings is 2. The van der Waals surface area contributed by atoms with Crippen molar-refractivity contribution in [3.05, 3.63) is 59.4 Å². The highest BCUT2D eigenvalue weighted by molar-refractivity contribution is 5.95. The molecule has 0 aromatic heterocycles. The van der Waals surface area contributed by atoms with Crippen LogP contribution in [0.2, 0.25) is 0 Å². The van der Waals surface area contributed by atoms with E-state index in [1.54, 1.807) is 4.90 Å². The molecule has 154 valence electrons. The first-order valence-electron chi connectivity index (χ1n) is 9.79. The molecule has 2 aromatic rings. The number of likely N-dealkylation sites (tertiary alicyclic amines) is 1. The van der Waals surface area contributed by atoms with Crippen LogP contribution in [0.25, 0.3) is 0 Å². The van der Waals surface area contributed by atoms with Gasteiger partial charge in [0.15, 0.2) is 0 Å². The Kier molecular flexibility index (Phi) is 6.82. The van der Waals surface area contributed by atoms with E-state index in [0.29, 0.717) is 31.1 Å². The lowest BCUT2D eigenvalue weighted by molar-refractivity contribution is -0.120. The molecule has 3 rings (SSSR count). The van der Waals surface area contributed by atoms with E-state index < -0.39 is 11.7 Å². The average Bonchev–Trinajstić information content (AvgIpc) is 2.70. The third-order valence-corrected chi connectivity index (χ3v) is 4.88. The molecule has 1 unspecified atom stereocenters. The second-order valence-electron chi connectivity index (χ2n) is 7.22. The molecule has 1 heterocycles. The number of carbonyl (C=O) groups is 2. The molecule has 1 atom stereocenters. The van der Waals surface area contributed by atoms with E-state index in [9.17, 15) is 14.0 Å². The SMILES string of the molecule is CC(=O)NC1CCCN(C(=O)c2cc(Oc3ccc(CCN)cc3)ccc2F)C1. The summed E-state index contributed by atoms with van der Waals surface area (Å²) >= 11 is 0. The fourth-order valence-corrected chi connectivity index (χ4v) is 3.50. The predicted octanol–water partition coefficient (Wildman–Crippen LogP) is 2.86. The van der Waals surface area contributed by atoms with Crippen molar-refractivity contribution >= 4 is 11.8 Å². The molecule has 0 spiro atoms. The van der Waals surface area contributed by atoms with Crippen LogP contribution in [0, 0.1) is 5.82 Å². The second kappa shape index (κ2) is 9.52. The zero-order valence-corrected chi connectivity index (χ0v) is 16.5. The number of hydrogen-bond donors (Lipinski definition) is 2. The fourth-order valence-electron chi connectivity index (χ4n) is 3.50. The molecule has 0 bridgehead atoms. The zero-order valence-electron chi connectivity index (χ0n) is 16.5. The van der Waals surface area contributed by atoms with Gasteiger partial charge in [-0.05, 0) is 61.7 Å². The summed E-state index contributed by atoms with van der Waals surface area (Å²) in [6, 6.07) is 11.5. The highest BCUT2D eigenvalue weighted by atomic mass is 19.1. The van der Waals surface area contributed by atoms with Gasteiger partial charge in [0.2, 0.25) is 5.91 Å². The van der Waals surface area contributed by atoms with E-state index in [2.05, 4.69) is 5.32 Å². The van der Waals surface area contributed by atoms with Crippen molar-refractivity contribution in [2.24, 2.45) is 5.73 Å². The van der Waals surface area contributed by atoms with Gasteiger partial charge in [-0.15, -0.1) is 0 Å². The van der Waals surface area contributed by atoms with Gasteiger partial charge in [0, 0.05) is 26.1 Å². The van der Waals surface area contributed by atoms with Gasteiger partial charge >= 0.3 is 0 Å². The maximum atomic E-state index is 14.4. The molecule has 2 aromatic carbocycles. The lowest BCUT2D eigenvalue weighted by Crippen LogP contribution is -2.49. The normalized spacial score (nSPS) is 16.4. The smallest absolute Gasteiger partial charge is 0.257 e. The third-order valence-electron chi connectivity index (χ3n) is 4.88. The van der Waals surface area contributed by atoms with Crippen LogP contribution in [0.4, 0.5) is 4.39 Å². The van der Waals surface area contributed by atoms with E-state index >= 15 is 0 Å². The maximum Gasteiger partial charge on any atom is 0.257 e. The molecule has 0 radical (unpaired) electrons. The molecule has 0 aliphatic carbocycles. The average molecular weight is 399 g/mol. The predicted molar refractivity (Wildman–Crippen MR) is 108 cm³/mol. The monoisotopic (exact) mass is 399 g/mol. The minimum absolute atomic E-state index is 0.0364. The highest BCUT2D eigenvalue weighted by Gasteiger charge is 2.26. The van der Waals surface area contributed by atoms with Crippen LogP contribution in [0.5, 0.6) is 11.5 Å². The number of hydrogen-bond acceptors (Lipinski definition) is 4. The maximum absolute atomic E-state index is 14.4. The Morgan fingerprint density at radius 3 is 2.62 bits per heavy atom. The molecular weight excluding hydrogens is 373 g/mol. The zero-order chi connectivity index (χ0) is 20.8. The van der Waals surface area contributed by atoms with Crippen LogP contribution in [0.1, 0.15) is 35.7 Å². The van der Waals surface area contributed by atoms with Gasteiger partial charge in [-0.1, -0.05) is 12.1 Å². The van der Waals surface area contributed by atoms with E-state index in [-0.39, 0.29) is 17.5 Å². The molecule has 2 amide bonds. The summed E-state index contributed by atoms with van der Waals surface area (Å²) in [7, 11) is 0. The highest BCUT2D eigenvalue weighted by Crippen LogP contribution is 2.25. The largest absolute Gasteiger partial charge is 0.457 e. The molecule has 6 nitrogen and oxygen atoms in total. The summed E-state index contributed by atoms with van der Waals surface area (Å²) in [6.45, 7) is 2.92. The number of rotatable bonds is 6. The number of piperidine rings is 1. The van der Waals surface area contributed by atoms with Gasteiger partial charge in [-0.25, -0.2) is 4.39 Å². The molecular formula is C22H26FN3O3. The lowest BCUT2D eigenvalue weighted by atomic mass is 10.0. The van der Waals surface area contributed by atoms with Gasteiger partial charge in [0.1, 0.15) is 17.3 Å². The molecule has 0 saturated carbocycles. The van der Waals surface area contributed by atoms with Gasteiger partial charge < -0.3 is 20.7 Å². The second-order valence-corrected chi connectivity index (χ2v) is 7.22. The summed E-state index contributed by atoms with van der Waals surface area (Å²) in [4.78, 5) is 25.7. The summed E-state index contributed by atoms with van der Waals surface area (Å²) in [5.74, 6) is -0.150. The minimum atomic E-state index is -0.595. The molecule has 29 heavy (non-hydrogen) atoms. The first-order chi connectivity index (χ1) is 14.0. The van der Waals surface area contributed by atoms with E-state index in [1.165, 1.54) is 25.1 Å². The standard InChI is InChI=1S/C22H26FN3O3/c1-15(27)25-17-3-2-12-26(14-17)22(28)20-13-19(8-9-21(20)23)29-18-6-4-16(5-7-18)10-11-24/h4-9,13,17H,2-3,10-12,14,24H2,1H3,(H,25,27). The number of halogens is 1. The van der Waals surface area contributed by atoms with E-state index in [4.69, 9.17) is 10.5 Å². The van der Waals surface area contributed by atoms with Crippen LogP contribution in [0.3, 0.4) is 0 Å². The van der Waals surface area contributed by atoms with E-state index in [1.807, 2.05) is 24.3 Å². The molecule has 3 N–H and O–H groups in total. The van der Waals surface area contributed by atoms with Gasteiger partial charge in [0.05, 0.1) is 5.56 Å². The molecule has 1 aliphatic rings. The van der Waals surface area contributed by atoms with Crippen LogP contribution < -0.4 is 15.8 Å². The van der Waals surface area contributed by atoms with E-state index in [0.717, 1.165) is 24.8 Å². The fraction of sp³-hybridized carbons (Fsp3) is 0.364. The summed E-state index contributed by atoms with van der Waals surface area (Å²) in [6.07, 6.45) is 2.34. The number of nitrogens with one attached hydrogen (secondary N) is 1. The van der Waals surface area contributed by atoms with Crippen LogP contribution in [-0.2, 0) is 11.2 Å². The Hall–Kier alpha value is -2.93. The molecule has 1 saturated heterocycles. The first kappa shape index (κ1) is 20.8. The van der Waals surface area contributed by atoms with Crippen LogP contribution in [0.15, 0.2) is 42.5 Å². The number of amides is 2. The molecule has 1 fully saturated rings. The van der Waals surface area contributed by atoms with Gasteiger partial charge in [-0.2, -0.15) is 0 Å². The lowest BCUT2D eigenvalue weighted by Gasteiger charge is -2.33. The van der Waals surface area contributed by atoms with Crippen molar-refractivity contribution in [2.45, 2.75) is 32.2 Å². The first-order valence-corrected chi connectivity index (χ1v) is 9.79. The number of nitrogens with zero attached hydrogens (tertiary/aromatic N) is 1. The Morgan fingerprint density at radius 1 is 1.21 bits per heavy atom. The summed E-state index contributed by atoms with van der Waals surface area (Å²) in [5, 5.41) is 2.83. The van der Waals surface area contributed by atoms with Crippen molar-refractivity contribution < 1.29 is 18.7 Å². The summed E-state index contributed by atoms with van der Waals surface area (Å²) < 4.78 is 20.2. The Morgan fingerprint density at radius 2 is 1.93 bits per heavy atom. The Labute approximate surface area is 169 Å². The van der Waals surface area contributed by atoms with Crippen molar-refractivity contribution in [1.29, 1.82) is 0 Å². The topological polar surface area (TPSA) is 84.7 Å². The van der Waals surface area contributed by atoms with Crippen molar-refractivity contribution in [3.8, 4) is 11.5 Å².